The van der Waals surface area contributed by atoms with Gasteiger partial charge in [-0.2, -0.15) is 18.2 Å². The van der Waals surface area contributed by atoms with Crippen LogP contribution in [0.1, 0.15) is 24.8 Å². The maximum atomic E-state index is 13.1. The first-order chi connectivity index (χ1) is 12.3. The zero-order valence-corrected chi connectivity index (χ0v) is 15.2. The summed E-state index contributed by atoms with van der Waals surface area (Å²) in [6.45, 7) is 0.908. The molecule has 0 radical (unpaired) electrons. The van der Waals surface area contributed by atoms with E-state index in [1.807, 2.05) is 0 Å². The van der Waals surface area contributed by atoms with Crippen LogP contribution in [0.4, 0.5) is 30.6 Å². The first kappa shape index (κ1) is 20.5. The number of halogens is 5. The van der Waals surface area contributed by atoms with Crippen molar-refractivity contribution in [2.45, 2.75) is 25.4 Å². The summed E-state index contributed by atoms with van der Waals surface area (Å²) < 4.78 is 39.4. The summed E-state index contributed by atoms with van der Waals surface area (Å²) in [6.07, 6.45) is -1.48. The predicted molar refractivity (Wildman–Crippen MR) is 98.2 cm³/mol. The maximum Gasteiger partial charge on any atom is 0.421 e. The van der Waals surface area contributed by atoms with E-state index in [1.54, 1.807) is 12.1 Å². The van der Waals surface area contributed by atoms with Crippen molar-refractivity contribution >= 4 is 40.7 Å². The Morgan fingerprint density at radius 1 is 1.08 bits per heavy atom. The van der Waals surface area contributed by atoms with Gasteiger partial charge in [0, 0.05) is 18.4 Å². The van der Waals surface area contributed by atoms with Crippen LogP contribution in [0, 0.1) is 0 Å². The van der Waals surface area contributed by atoms with Gasteiger partial charge in [-0.15, -0.1) is 0 Å². The van der Waals surface area contributed by atoms with Gasteiger partial charge in [-0.3, -0.25) is 0 Å². The molecule has 0 atom stereocenters. The van der Waals surface area contributed by atoms with Gasteiger partial charge in [0.05, 0.1) is 10.0 Å². The molecule has 0 saturated heterocycles. The third-order valence-electron chi connectivity index (χ3n) is 3.44. The van der Waals surface area contributed by atoms with E-state index in [2.05, 4.69) is 20.6 Å². The first-order valence-corrected chi connectivity index (χ1v) is 8.67. The molecular formula is C16H18Cl2F3N5. The quantitative estimate of drug-likeness (QED) is 0.531. The normalized spacial score (nSPS) is 11.5. The molecule has 5 nitrogen and oxygen atoms in total. The van der Waals surface area contributed by atoms with E-state index in [9.17, 15) is 13.2 Å². The van der Waals surface area contributed by atoms with Crippen LogP contribution in [-0.2, 0) is 6.18 Å². The molecule has 0 bridgehead atoms. The lowest BCUT2D eigenvalue weighted by Gasteiger charge is -2.15. The van der Waals surface area contributed by atoms with Crippen molar-refractivity contribution in [3.05, 3.63) is 40.0 Å². The fourth-order valence-electron chi connectivity index (χ4n) is 2.14. The molecule has 4 N–H and O–H groups in total. The van der Waals surface area contributed by atoms with Crippen LogP contribution in [0.25, 0.3) is 0 Å². The minimum atomic E-state index is -4.55. The van der Waals surface area contributed by atoms with Gasteiger partial charge in [0.2, 0.25) is 5.95 Å². The SMILES string of the molecule is NCCCCCNc1nc(Nc2ccc(Cl)c(Cl)c2)ncc1C(F)(F)F. The van der Waals surface area contributed by atoms with E-state index in [-0.39, 0.29) is 11.8 Å². The Morgan fingerprint density at radius 3 is 2.50 bits per heavy atom. The average molecular weight is 408 g/mol. The number of hydrogen-bond donors (Lipinski definition) is 3. The largest absolute Gasteiger partial charge is 0.421 e. The smallest absolute Gasteiger partial charge is 0.369 e. The molecule has 0 fully saturated rings. The molecule has 1 heterocycles. The van der Waals surface area contributed by atoms with Crippen LogP contribution < -0.4 is 16.4 Å². The molecule has 142 valence electrons. The van der Waals surface area contributed by atoms with Crippen molar-refractivity contribution in [1.29, 1.82) is 0 Å². The minimum Gasteiger partial charge on any atom is -0.369 e. The lowest BCUT2D eigenvalue weighted by Crippen LogP contribution is -2.15. The lowest BCUT2D eigenvalue weighted by molar-refractivity contribution is -0.137. The Hall–Kier alpha value is -1.77. The molecule has 10 heteroatoms. The molecule has 0 aliphatic rings. The Morgan fingerprint density at radius 2 is 1.85 bits per heavy atom. The number of rotatable bonds is 8. The van der Waals surface area contributed by atoms with Crippen molar-refractivity contribution in [1.82, 2.24) is 9.97 Å². The highest BCUT2D eigenvalue weighted by atomic mass is 35.5. The van der Waals surface area contributed by atoms with Gasteiger partial charge in [-0.1, -0.05) is 29.6 Å². The van der Waals surface area contributed by atoms with Crippen molar-refractivity contribution in [2.75, 3.05) is 23.7 Å². The summed E-state index contributed by atoms with van der Waals surface area (Å²) in [4.78, 5) is 7.69. The van der Waals surface area contributed by atoms with E-state index in [0.717, 1.165) is 19.0 Å². The summed E-state index contributed by atoms with van der Waals surface area (Å²) in [5.74, 6) is -0.261. The van der Waals surface area contributed by atoms with Gasteiger partial charge in [0.15, 0.2) is 0 Å². The van der Waals surface area contributed by atoms with E-state index in [0.29, 0.717) is 35.2 Å². The third-order valence-corrected chi connectivity index (χ3v) is 4.18. The van der Waals surface area contributed by atoms with E-state index < -0.39 is 11.7 Å². The van der Waals surface area contributed by atoms with Gasteiger partial charge in [0.25, 0.3) is 0 Å². The highest BCUT2D eigenvalue weighted by molar-refractivity contribution is 6.42. The fraction of sp³-hybridized carbons (Fsp3) is 0.375. The third kappa shape index (κ3) is 5.89. The van der Waals surface area contributed by atoms with Crippen LogP contribution in [0.5, 0.6) is 0 Å². The lowest BCUT2D eigenvalue weighted by atomic mass is 10.2. The van der Waals surface area contributed by atoms with Gasteiger partial charge in [-0.25, -0.2) is 4.98 Å². The van der Waals surface area contributed by atoms with Gasteiger partial charge in [0.1, 0.15) is 11.4 Å². The molecule has 0 unspecified atom stereocenters. The standard InChI is InChI=1S/C16H18Cl2F3N5/c17-12-5-4-10(8-13(12)18)25-15-24-9-11(16(19,20)21)14(26-15)23-7-3-1-2-6-22/h4-5,8-9H,1-3,6-7,22H2,(H2,23,24,25,26). The van der Waals surface area contributed by atoms with Gasteiger partial charge >= 0.3 is 6.18 Å². The highest BCUT2D eigenvalue weighted by Crippen LogP contribution is 2.34. The fourth-order valence-corrected chi connectivity index (χ4v) is 2.44. The number of benzene rings is 1. The maximum absolute atomic E-state index is 13.1. The van der Waals surface area contributed by atoms with Crippen LogP contribution >= 0.6 is 23.2 Å². The van der Waals surface area contributed by atoms with E-state index >= 15 is 0 Å². The number of aromatic nitrogens is 2. The molecule has 1 aromatic heterocycles. The Kier molecular flexibility index (Phi) is 7.31. The molecule has 1 aromatic carbocycles. The number of anilines is 3. The zero-order chi connectivity index (χ0) is 19.2. The highest BCUT2D eigenvalue weighted by Gasteiger charge is 2.35. The van der Waals surface area contributed by atoms with Gasteiger partial charge < -0.3 is 16.4 Å². The summed E-state index contributed by atoms with van der Waals surface area (Å²) in [5, 5.41) is 6.21. The minimum absolute atomic E-state index is 0.0147. The number of nitrogens with zero attached hydrogens (tertiary/aromatic N) is 2. The van der Waals surface area contributed by atoms with E-state index in [1.165, 1.54) is 6.07 Å². The van der Waals surface area contributed by atoms with Gasteiger partial charge in [-0.05, 0) is 37.6 Å². The van der Waals surface area contributed by atoms with E-state index in [4.69, 9.17) is 28.9 Å². The second kappa shape index (κ2) is 9.25. The van der Waals surface area contributed by atoms with Crippen molar-refractivity contribution in [2.24, 2.45) is 5.73 Å². The Bertz CT molecular complexity index is 740. The van der Waals surface area contributed by atoms with Crippen molar-refractivity contribution < 1.29 is 13.2 Å². The topological polar surface area (TPSA) is 75.9 Å². The van der Waals surface area contributed by atoms with Crippen molar-refractivity contribution in [3.63, 3.8) is 0 Å². The molecule has 0 saturated carbocycles. The Balaban J connectivity index is 2.17. The molecule has 0 aliphatic heterocycles. The molecule has 26 heavy (non-hydrogen) atoms. The molecule has 0 amide bonds. The number of unbranched alkanes of at least 4 members (excludes halogenated alkanes) is 2. The predicted octanol–water partition coefficient (Wildman–Crippen LogP) is 5.09. The molecule has 2 aromatic rings. The summed E-state index contributed by atoms with van der Waals surface area (Å²) >= 11 is 11.8. The summed E-state index contributed by atoms with van der Waals surface area (Å²) in [7, 11) is 0. The molecule has 0 spiro atoms. The van der Waals surface area contributed by atoms with Crippen LogP contribution in [0.15, 0.2) is 24.4 Å². The second-order valence-electron chi connectivity index (χ2n) is 5.48. The number of nitrogens with two attached hydrogens (primary N) is 1. The molecule has 0 aliphatic carbocycles. The van der Waals surface area contributed by atoms with Crippen LogP contribution in [0.3, 0.4) is 0 Å². The summed E-state index contributed by atoms with van der Waals surface area (Å²) in [5.41, 5.74) is 4.99. The number of nitrogens with one attached hydrogen (secondary N) is 2. The van der Waals surface area contributed by atoms with Crippen molar-refractivity contribution in [3.8, 4) is 0 Å². The second-order valence-corrected chi connectivity index (χ2v) is 6.30. The number of hydrogen-bond acceptors (Lipinski definition) is 5. The molecular weight excluding hydrogens is 390 g/mol. The summed E-state index contributed by atoms with van der Waals surface area (Å²) in [6, 6.07) is 4.72. The van der Waals surface area contributed by atoms with Crippen LogP contribution in [0.2, 0.25) is 10.0 Å². The Labute approximate surface area is 159 Å². The monoisotopic (exact) mass is 407 g/mol. The molecule has 2 rings (SSSR count). The average Bonchev–Trinajstić information content (AvgIpc) is 2.57. The first-order valence-electron chi connectivity index (χ1n) is 7.91. The zero-order valence-electron chi connectivity index (χ0n) is 13.7. The number of alkyl halides is 3. The van der Waals surface area contributed by atoms with Crippen LogP contribution in [-0.4, -0.2) is 23.1 Å².